The summed E-state index contributed by atoms with van der Waals surface area (Å²) in [6, 6.07) is 10.5. The van der Waals surface area contributed by atoms with Crippen LogP contribution in [0.2, 0.25) is 0 Å². The van der Waals surface area contributed by atoms with Gasteiger partial charge in [0.05, 0.1) is 6.10 Å². The lowest BCUT2D eigenvalue weighted by atomic mass is 9.91. The zero-order valence-electron chi connectivity index (χ0n) is 8.32. The molecule has 2 nitrogen and oxygen atoms in total. The van der Waals surface area contributed by atoms with Crippen LogP contribution in [0.1, 0.15) is 12.0 Å². The molecule has 0 aromatic heterocycles. The quantitative estimate of drug-likeness (QED) is 0.736. The molecule has 1 aromatic rings. The van der Waals surface area contributed by atoms with Gasteiger partial charge in [0.1, 0.15) is 0 Å². The number of nitrogens with one attached hydrogen (secondary N) is 1. The topological polar surface area (TPSA) is 32.3 Å². The molecule has 0 radical (unpaired) electrons. The fourth-order valence-electron chi connectivity index (χ4n) is 2.11. The first-order valence-electron chi connectivity index (χ1n) is 5.27. The van der Waals surface area contributed by atoms with E-state index in [2.05, 4.69) is 29.6 Å². The lowest BCUT2D eigenvalue weighted by molar-refractivity contribution is 0.114. The van der Waals surface area contributed by atoms with Crippen molar-refractivity contribution in [3.05, 3.63) is 35.9 Å². The third kappa shape index (κ3) is 2.56. The number of aliphatic hydroxyl groups excluding tert-OH is 1. The van der Waals surface area contributed by atoms with Gasteiger partial charge in [0, 0.05) is 6.54 Å². The van der Waals surface area contributed by atoms with Crippen molar-refractivity contribution in [3.8, 4) is 0 Å². The van der Waals surface area contributed by atoms with E-state index in [1.807, 2.05) is 6.07 Å². The van der Waals surface area contributed by atoms with Gasteiger partial charge in [-0.15, -0.1) is 0 Å². The second-order valence-electron chi connectivity index (χ2n) is 4.10. The van der Waals surface area contributed by atoms with Crippen molar-refractivity contribution < 1.29 is 5.11 Å². The maximum Gasteiger partial charge on any atom is 0.0667 e. The molecular formula is C12H17NO. The molecule has 0 unspecified atom stereocenters. The average molecular weight is 191 g/mol. The second-order valence-corrected chi connectivity index (χ2v) is 4.10. The normalized spacial score (nSPS) is 27.5. The number of hydrogen-bond donors (Lipinski definition) is 2. The summed E-state index contributed by atoms with van der Waals surface area (Å²) in [7, 11) is 0. The van der Waals surface area contributed by atoms with E-state index >= 15 is 0 Å². The third-order valence-corrected chi connectivity index (χ3v) is 2.79. The fourth-order valence-corrected chi connectivity index (χ4v) is 2.11. The Morgan fingerprint density at radius 3 is 2.71 bits per heavy atom. The number of benzene rings is 1. The molecular weight excluding hydrogens is 174 g/mol. The van der Waals surface area contributed by atoms with Crippen LogP contribution in [0.4, 0.5) is 0 Å². The average Bonchev–Trinajstić information content (AvgIpc) is 2.19. The molecule has 14 heavy (non-hydrogen) atoms. The maximum absolute atomic E-state index is 9.50. The fraction of sp³-hybridized carbons (Fsp3) is 0.500. The highest BCUT2D eigenvalue weighted by molar-refractivity contribution is 5.15. The number of piperidine rings is 1. The van der Waals surface area contributed by atoms with E-state index in [0.29, 0.717) is 5.92 Å². The highest BCUT2D eigenvalue weighted by Crippen LogP contribution is 2.16. The van der Waals surface area contributed by atoms with Crippen molar-refractivity contribution >= 4 is 0 Å². The standard InChI is InChI=1S/C12H17NO/c14-12-7-11(8-13-9-12)6-10-4-2-1-3-5-10/h1-5,11-14H,6-9H2/t11-,12+/m1/s1. The number of rotatable bonds is 2. The molecule has 0 bridgehead atoms. The molecule has 1 aliphatic heterocycles. The van der Waals surface area contributed by atoms with Crippen LogP contribution in [0, 0.1) is 5.92 Å². The molecule has 1 heterocycles. The van der Waals surface area contributed by atoms with E-state index in [0.717, 1.165) is 25.9 Å². The van der Waals surface area contributed by atoms with Crippen LogP contribution in [-0.2, 0) is 6.42 Å². The van der Waals surface area contributed by atoms with E-state index in [4.69, 9.17) is 0 Å². The first-order valence-corrected chi connectivity index (χ1v) is 5.27. The van der Waals surface area contributed by atoms with E-state index in [1.165, 1.54) is 5.56 Å². The molecule has 2 N–H and O–H groups in total. The Balaban J connectivity index is 1.91. The van der Waals surface area contributed by atoms with E-state index in [-0.39, 0.29) is 6.10 Å². The number of β-amino-alcohol motifs (C(OH)–C–C–N with tert-alkyl or cyclic N) is 1. The Bertz CT molecular complexity index is 273. The van der Waals surface area contributed by atoms with Crippen molar-refractivity contribution in [3.63, 3.8) is 0 Å². The van der Waals surface area contributed by atoms with Gasteiger partial charge >= 0.3 is 0 Å². The van der Waals surface area contributed by atoms with Gasteiger partial charge in [-0.3, -0.25) is 0 Å². The summed E-state index contributed by atoms with van der Waals surface area (Å²) in [6.45, 7) is 1.79. The van der Waals surface area contributed by atoms with Gasteiger partial charge in [-0.2, -0.15) is 0 Å². The van der Waals surface area contributed by atoms with Crippen LogP contribution >= 0.6 is 0 Å². The highest BCUT2D eigenvalue weighted by Gasteiger charge is 2.19. The monoisotopic (exact) mass is 191 g/mol. The van der Waals surface area contributed by atoms with Gasteiger partial charge < -0.3 is 10.4 Å². The summed E-state index contributed by atoms with van der Waals surface area (Å²) in [5, 5.41) is 12.7. The predicted molar refractivity (Wildman–Crippen MR) is 57.1 cm³/mol. The van der Waals surface area contributed by atoms with Crippen LogP contribution in [0.5, 0.6) is 0 Å². The molecule has 1 fully saturated rings. The first kappa shape index (κ1) is 9.69. The summed E-state index contributed by atoms with van der Waals surface area (Å²) in [4.78, 5) is 0. The van der Waals surface area contributed by atoms with Crippen molar-refractivity contribution in [1.29, 1.82) is 0 Å². The van der Waals surface area contributed by atoms with Gasteiger partial charge in [-0.1, -0.05) is 30.3 Å². The van der Waals surface area contributed by atoms with Crippen molar-refractivity contribution in [2.24, 2.45) is 5.92 Å². The lowest BCUT2D eigenvalue weighted by Crippen LogP contribution is -2.40. The predicted octanol–water partition coefficient (Wildman–Crippen LogP) is 1.20. The molecule has 76 valence electrons. The summed E-state index contributed by atoms with van der Waals surface area (Å²) >= 11 is 0. The van der Waals surface area contributed by atoms with Crippen molar-refractivity contribution in [2.45, 2.75) is 18.9 Å². The van der Waals surface area contributed by atoms with Gasteiger partial charge in [0.25, 0.3) is 0 Å². The highest BCUT2D eigenvalue weighted by atomic mass is 16.3. The van der Waals surface area contributed by atoms with Crippen LogP contribution < -0.4 is 5.32 Å². The van der Waals surface area contributed by atoms with E-state index in [9.17, 15) is 5.11 Å². The smallest absolute Gasteiger partial charge is 0.0667 e. The molecule has 0 spiro atoms. The minimum Gasteiger partial charge on any atom is -0.392 e. The summed E-state index contributed by atoms with van der Waals surface area (Å²) < 4.78 is 0. The molecule has 0 aliphatic carbocycles. The summed E-state index contributed by atoms with van der Waals surface area (Å²) in [6.07, 6.45) is 1.85. The SMILES string of the molecule is O[C@@H]1CNC[C@H](Cc2ccccc2)C1. The van der Waals surface area contributed by atoms with Gasteiger partial charge in [0.15, 0.2) is 0 Å². The van der Waals surface area contributed by atoms with Crippen LogP contribution in [-0.4, -0.2) is 24.3 Å². The molecule has 2 atom stereocenters. The molecule has 1 aromatic carbocycles. The Morgan fingerprint density at radius 1 is 1.21 bits per heavy atom. The molecule has 0 saturated carbocycles. The second kappa shape index (κ2) is 4.58. The Kier molecular flexibility index (Phi) is 3.17. The Hall–Kier alpha value is -0.860. The molecule has 2 rings (SSSR count). The molecule has 2 heteroatoms. The minimum absolute atomic E-state index is 0.155. The van der Waals surface area contributed by atoms with Gasteiger partial charge in [-0.25, -0.2) is 0 Å². The molecule has 1 saturated heterocycles. The van der Waals surface area contributed by atoms with Crippen LogP contribution in [0.25, 0.3) is 0 Å². The summed E-state index contributed by atoms with van der Waals surface area (Å²) in [5.41, 5.74) is 1.37. The lowest BCUT2D eigenvalue weighted by Gasteiger charge is -2.26. The Labute approximate surface area is 85.0 Å². The van der Waals surface area contributed by atoms with Gasteiger partial charge in [-0.05, 0) is 30.9 Å². The summed E-state index contributed by atoms with van der Waals surface area (Å²) in [5.74, 6) is 0.584. The largest absolute Gasteiger partial charge is 0.392 e. The van der Waals surface area contributed by atoms with Gasteiger partial charge in [0.2, 0.25) is 0 Å². The minimum atomic E-state index is -0.155. The third-order valence-electron chi connectivity index (χ3n) is 2.79. The van der Waals surface area contributed by atoms with Crippen molar-refractivity contribution in [2.75, 3.05) is 13.1 Å². The van der Waals surface area contributed by atoms with Crippen molar-refractivity contribution in [1.82, 2.24) is 5.32 Å². The molecule has 1 aliphatic rings. The molecule has 0 amide bonds. The Morgan fingerprint density at radius 2 is 2.00 bits per heavy atom. The first-order chi connectivity index (χ1) is 6.84. The van der Waals surface area contributed by atoms with E-state index in [1.54, 1.807) is 0 Å². The zero-order valence-corrected chi connectivity index (χ0v) is 8.32. The van der Waals surface area contributed by atoms with Crippen LogP contribution in [0.15, 0.2) is 30.3 Å². The van der Waals surface area contributed by atoms with Crippen LogP contribution in [0.3, 0.4) is 0 Å². The zero-order chi connectivity index (χ0) is 9.80. The maximum atomic E-state index is 9.50. The van der Waals surface area contributed by atoms with E-state index < -0.39 is 0 Å². The number of hydrogen-bond acceptors (Lipinski definition) is 2. The number of aliphatic hydroxyl groups is 1.